The number of carbonyl (C=O) groups excluding carboxylic acids is 2. The molecule has 0 saturated carbocycles. The monoisotopic (exact) mass is 731 g/mol. The molecule has 1 atom stereocenters. The van der Waals surface area contributed by atoms with Crippen LogP contribution in [-0.2, 0) is 36.1 Å². The number of fused-ring (bicyclic) bond motifs is 2. The zero-order valence-electron chi connectivity index (χ0n) is 27.4. The number of benzene rings is 2. The van der Waals surface area contributed by atoms with Crippen LogP contribution in [0.15, 0.2) is 48.7 Å². The lowest BCUT2D eigenvalue weighted by atomic mass is 9.89. The molecule has 2 aromatic heterocycles. The van der Waals surface area contributed by atoms with E-state index in [1.54, 1.807) is 18.2 Å². The summed E-state index contributed by atoms with van der Waals surface area (Å²) in [5.41, 5.74) is -4.13. The Balaban J connectivity index is 1.46. The van der Waals surface area contributed by atoms with Crippen molar-refractivity contribution < 1.29 is 49.8 Å². The molecule has 8 nitrogen and oxygen atoms in total. The quantitative estimate of drug-likeness (QED) is 0.140. The van der Waals surface area contributed by atoms with E-state index in [1.807, 2.05) is 0 Å². The number of rotatable bonds is 8. The molecule has 3 heterocycles. The number of hydrogen-bond donors (Lipinski definition) is 3. The van der Waals surface area contributed by atoms with E-state index in [0.717, 1.165) is 12.1 Å². The highest BCUT2D eigenvalue weighted by molar-refractivity contribution is 5.99. The maximum Gasteiger partial charge on any atom is 0.290 e. The maximum atomic E-state index is 15.0. The van der Waals surface area contributed by atoms with Crippen LogP contribution in [-0.4, -0.2) is 37.3 Å². The van der Waals surface area contributed by atoms with Gasteiger partial charge in [0.1, 0.15) is 35.2 Å². The molecule has 3 N–H and O–H groups in total. The molecule has 0 spiro atoms. The van der Waals surface area contributed by atoms with E-state index in [2.05, 4.69) is 32.6 Å². The minimum absolute atomic E-state index is 0.0115. The van der Waals surface area contributed by atoms with Crippen LogP contribution in [0.4, 0.5) is 35.1 Å². The van der Waals surface area contributed by atoms with Crippen LogP contribution in [0.1, 0.15) is 88.8 Å². The number of amides is 2. The standard InChI is InChI=1S/C36H29F8N5O3/c1-34(2,52)6-5-18-11-24(20-3-4-21-16-46-33(51)25(21)13-20)29(45-15-18)26(12-19-9-22(37)14-23(38)10-19)47-27(50)17-49-31-28(30(48-49)32(39)40)35(41,42)7-8-36(31,43)44/h3-4,9-11,13-15,26,32,52H,7-8,12,16-17H2,1-2H3,(H,46,51)(H,47,50). The van der Waals surface area contributed by atoms with Gasteiger partial charge >= 0.3 is 0 Å². The fourth-order valence-corrected chi connectivity index (χ4v) is 6.25. The summed E-state index contributed by atoms with van der Waals surface area (Å²) in [5, 5.41) is 18.7. The van der Waals surface area contributed by atoms with Crippen molar-refractivity contribution in [2.45, 2.75) is 76.1 Å². The second kappa shape index (κ2) is 13.4. The minimum Gasteiger partial charge on any atom is -0.378 e. The molecule has 272 valence electrons. The Kier molecular flexibility index (Phi) is 9.37. The summed E-state index contributed by atoms with van der Waals surface area (Å²) >= 11 is 0. The van der Waals surface area contributed by atoms with Crippen LogP contribution < -0.4 is 10.6 Å². The lowest BCUT2D eigenvalue weighted by molar-refractivity contribution is -0.123. The predicted octanol–water partition coefficient (Wildman–Crippen LogP) is 6.60. The Morgan fingerprint density at radius 1 is 1.02 bits per heavy atom. The van der Waals surface area contributed by atoms with Gasteiger partial charge in [-0.2, -0.15) is 13.9 Å². The molecule has 0 saturated heterocycles. The van der Waals surface area contributed by atoms with Crippen molar-refractivity contribution in [3.05, 3.63) is 105 Å². The van der Waals surface area contributed by atoms with E-state index in [1.165, 1.54) is 26.1 Å². The molecule has 1 aliphatic heterocycles. The van der Waals surface area contributed by atoms with Crippen LogP contribution in [0.3, 0.4) is 0 Å². The van der Waals surface area contributed by atoms with Gasteiger partial charge in [-0.15, -0.1) is 0 Å². The number of halogens is 8. The molecule has 0 bridgehead atoms. The van der Waals surface area contributed by atoms with Gasteiger partial charge in [0.05, 0.1) is 17.3 Å². The number of nitrogens with zero attached hydrogens (tertiary/aromatic N) is 3. The van der Waals surface area contributed by atoms with E-state index < -0.39 is 83.8 Å². The van der Waals surface area contributed by atoms with Crippen molar-refractivity contribution in [3.8, 4) is 23.0 Å². The first-order valence-electron chi connectivity index (χ1n) is 15.9. The summed E-state index contributed by atoms with van der Waals surface area (Å²) in [6, 6.07) is 7.65. The molecular formula is C36H29F8N5O3. The summed E-state index contributed by atoms with van der Waals surface area (Å²) < 4.78 is 116. The third kappa shape index (κ3) is 7.50. The van der Waals surface area contributed by atoms with Crippen LogP contribution >= 0.6 is 0 Å². The van der Waals surface area contributed by atoms with Gasteiger partial charge in [-0.1, -0.05) is 24.0 Å². The molecule has 1 unspecified atom stereocenters. The van der Waals surface area contributed by atoms with Gasteiger partial charge < -0.3 is 15.7 Å². The van der Waals surface area contributed by atoms with Gasteiger partial charge in [0, 0.05) is 48.3 Å². The van der Waals surface area contributed by atoms with E-state index in [4.69, 9.17) is 0 Å². The highest BCUT2D eigenvalue weighted by Crippen LogP contribution is 2.52. The molecule has 52 heavy (non-hydrogen) atoms. The Labute approximate surface area is 291 Å². The second-order valence-electron chi connectivity index (χ2n) is 13.1. The Bertz CT molecular complexity index is 2130. The van der Waals surface area contributed by atoms with Crippen molar-refractivity contribution in [2.75, 3.05) is 0 Å². The molecule has 1 aliphatic carbocycles. The maximum absolute atomic E-state index is 15.0. The summed E-state index contributed by atoms with van der Waals surface area (Å²) in [4.78, 5) is 30.6. The molecule has 2 amide bonds. The summed E-state index contributed by atoms with van der Waals surface area (Å²) in [5.74, 6) is -6.11. The fraction of sp³-hybridized carbons (Fsp3) is 0.333. The Hall–Kier alpha value is -5.30. The van der Waals surface area contributed by atoms with Crippen molar-refractivity contribution in [3.63, 3.8) is 0 Å². The van der Waals surface area contributed by atoms with E-state index >= 15 is 8.78 Å². The van der Waals surface area contributed by atoms with Crippen LogP contribution in [0.5, 0.6) is 0 Å². The summed E-state index contributed by atoms with van der Waals surface area (Å²) in [6.07, 6.45) is -5.54. The van der Waals surface area contributed by atoms with Crippen LogP contribution in [0.25, 0.3) is 11.1 Å². The second-order valence-corrected chi connectivity index (χ2v) is 13.1. The number of aromatic nitrogens is 3. The molecular weight excluding hydrogens is 702 g/mol. The zero-order chi connectivity index (χ0) is 37.7. The fourth-order valence-electron chi connectivity index (χ4n) is 6.25. The van der Waals surface area contributed by atoms with Gasteiger partial charge in [-0.05, 0) is 61.2 Å². The Morgan fingerprint density at radius 2 is 1.71 bits per heavy atom. The lowest BCUT2D eigenvalue weighted by Crippen LogP contribution is -2.37. The largest absolute Gasteiger partial charge is 0.378 e. The van der Waals surface area contributed by atoms with Gasteiger partial charge in [0.2, 0.25) is 5.91 Å². The molecule has 6 rings (SSSR count). The summed E-state index contributed by atoms with van der Waals surface area (Å²) in [7, 11) is 0. The van der Waals surface area contributed by atoms with E-state index in [0.29, 0.717) is 22.8 Å². The molecule has 16 heteroatoms. The normalized spacial score (nSPS) is 16.4. The van der Waals surface area contributed by atoms with Gasteiger partial charge in [-0.3, -0.25) is 19.3 Å². The molecule has 4 aromatic rings. The summed E-state index contributed by atoms with van der Waals surface area (Å²) in [6.45, 7) is 1.96. The van der Waals surface area contributed by atoms with Crippen molar-refractivity contribution in [1.82, 2.24) is 25.4 Å². The smallest absolute Gasteiger partial charge is 0.290 e. The number of hydrogen-bond acceptors (Lipinski definition) is 5. The molecule has 0 radical (unpaired) electrons. The van der Waals surface area contributed by atoms with Crippen molar-refractivity contribution in [2.24, 2.45) is 0 Å². The molecule has 2 aromatic carbocycles. The SMILES string of the molecule is CC(C)(O)C#Cc1cnc(C(Cc2cc(F)cc(F)c2)NC(=O)Cn2nc(C(F)F)c3c2C(F)(F)CCC3(F)F)c(-c2ccc3c(c2)C(=O)NC3)c1. The van der Waals surface area contributed by atoms with Crippen LogP contribution in [0.2, 0.25) is 0 Å². The van der Waals surface area contributed by atoms with Crippen molar-refractivity contribution >= 4 is 11.8 Å². The van der Waals surface area contributed by atoms with Gasteiger partial charge in [-0.25, -0.2) is 26.3 Å². The zero-order valence-corrected chi connectivity index (χ0v) is 27.4. The minimum atomic E-state index is -4.07. The number of alkyl halides is 6. The third-order valence-electron chi connectivity index (χ3n) is 8.51. The highest BCUT2D eigenvalue weighted by Gasteiger charge is 2.55. The molecule has 0 fully saturated rings. The number of carbonyl (C=O) groups is 2. The number of pyridine rings is 1. The van der Waals surface area contributed by atoms with Gasteiger partial charge in [0.15, 0.2) is 0 Å². The van der Waals surface area contributed by atoms with Crippen molar-refractivity contribution in [1.29, 1.82) is 0 Å². The number of aliphatic hydroxyl groups is 1. The first kappa shape index (κ1) is 36.5. The molecule has 2 aliphatic rings. The third-order valence-corrected chi connectivity index (χ3v) is 8.51. The number of nitrogens with one attached hydrogen (secondary N) is 2. The highest BCUT2D eigenvalue weighted by atomic mass is 19.3. The first-order valence-corrected chi connectivity index (χ1v) is 15.9. The predicted molar refractivity (Wildman–Crippen MR) is 169 cm³/mol. The van der Waals surface area contributed by atoms with Crippen LogP contribution in [0, 0.1) is 23.5 Å². The lowest BCUT2D eigenvalue weighted by Gasteiger charge is -2.29. The topological polar surface area (TPSA) is 109 Å². The van der Waals surface area contributed by atoms with E-state index in [9.17, 15) is 41.0 Å². The average molecular weight is 732 g/mol. The van der Waals surface area contributed by atoms with E-state index in [-0.39, 0.29) is 45.9 Å². The average Bonchev–Trinajstić information content (AvgIpc) is 3.63. The Morgan fingerprint density at radius 3 is 2.38 bits per heavy atom. The first-order chi connectivity index (χ1) is 24.3. The van der Waals surface area contributed by atoms with Gasteiger partial charge in [0.25, 0.3) is 24.2 Å².